The molecular formula is C25H28F2. The molecule has 1 aliphatic rings. The van der Waals surface area contributed by atoms with E-state index in [1.54, 1.807) is 0 Å². The van der Waals surface area contributed by atoms with Crippen LogP contribution in [0, 0.1) is 43.2 Å². The molecular weight excluding hydrogens is 338 g/mol. The van der Waals surface area contributed by atoms with Gasteiger partial charge < -0.3 is 0 Å². The third-order valence-corrected chi connectivity index (χ3v) is 5.16. The molecule has 2 aromatic rings. The smallest absolute Gasteiger partial charge is 0.142 e. The Morgan fingerprint density at radius 2 is 1.81 bits per heavy atom. The third kappa shape index (κ3) is 4.78. The van der Waals surface area contributed by atoms with Crippen LogP contribution in [0.1, 0.15) is 83.2 Å². The summed E-state index contributed by atoms with van der Waals surface area (Å²) < 4.78 is 54.9. The molecule has 1 aliphatic carbocycles. The summed E-state index contributed by atoms with van der Waals surface area (Å²) in [6.07, 6.45) is 0.284. The van der Waals surface area contributed by atoms with Crippen LogP contribution in [0.3, 0.4) is 0 Å². The summed E-state index contributed by atoms with van der Waals surface area (Å²) in [5.41, 5.74) is 2.63. The molecule has 2 heteroatoms. The van der Waals surface area contributed by atoms with Gasteiger partial charge >= 0.3 is 0 Å². The molecule has 0 saturated heterocycles. The van der Waals surface area contributed by atoms with Gasteiger partial charge in [0.25, 0.3) is 0 Å². The Morgan fingerprint density at radius 1 is 1.07 bits per heavy atom. The number of hydrogen-bond donors (Lipinski definition) is 0. The summed E-state index contributed by atoms with van der Waals surface area (Å²) in [4.78, 5) is 0. The maximum absolute atomic E-state index is 14.8. The Balaban J connectivity index is 1.92. The van der Waals surface area contributed by atoms with E-state index in [0.717, 1.165) is 24.0 Å². The molecule has 0 amide bonds. The number of benzene rings is 2. The fourth-order valence-electron chi connectivity index (χ4n) is 3.65. The van der Waals surface area contributed by atoms with Crippen molar-refractivity contribution >= 4 is 0 Å². The van der Waals surface area contributed by atoms with E-state index in [9.17, 15) is 8.78 Å². The van der Waals surface area contributed by atoms with Gasteiger partial charge in [0, 0.05) is 9.68 Å². The van der Waals surface area contributed by atoms with Gasteiger partial charge in [-0.3, -0.25) is 0 Å². The van der Waals surface area contributed by atoms with Gasteiger partial charge in [0.15, 0.2) is 0 Å². The Kier molecular flexibility index (Phi) is 5.11. The van der Waals surface area contributed by atoms with Crippen LogP contribution in [0.2, 0.25) is 0 Å². The summed E-state index contributed by atoms with van der Waals surface area (Å²) in [6.45, 7) is 5.91. The lowest BCUT2D eigenvalue weighted by atomic mass is 9.77. The van der Waals surface area contributed by atoms with E-state index in [2.05, 4.69) is 11.8 Å². The minimum atomic E-state index is -1.67. The average molecular weight is 370 g/mol. The third-order valence-electron chi connectivity index (χ3n) is 5.16. The molecule has 2 aromatic carbocycles. The Hall–Kier alpha value is -2.14. The monoisotopic (exact) mass is 369 g/mol. The van der Waals surface area contributed by atoms with Crippen molar-refractivity contribution in [1.82, 2.24) is 0 Å². The van der Waals surface area contributed by atoms with Crippen molar-refractivity contribution in [2.45, 2.75) is 65.1 Å². The molecule has 1 fully saturated rings. The molecule has 0 N–H and O–H groups in total. The normalized spacial score (nSPS) is 25.7. The van der Waals surface area contributed by atoms with Crippen molar-refractivity contribution in [2.75, 3.05) is 0 Å². The molecule has 0 spiro atoms. The van der Waals surface area contributed by atoms with Crippen LogP contribution in [0.4, 0.5) is 8.78 Å². The molecule has 0 bridgehead atoms. The fraction of sp³-hybridized carbons (Fsp3) is 0.440. The highest BCUT2D eigenvalue weighted by atomic mass is 19.1. The fourth-order valence-corrected chi connectivity index (χ4v) is 3.65. The van der Waals surface area contributed by atoms with E-state index in [-0.39, 0.29) is 17.0 Å². The molecule has 0 aromatic heterocycles. The van der Waals surface area contributed by atoms with Gasteiger partial charge in [-0.15, -0.1) is 0 Å². The van der Waals surface area contributed by atoms with Crippen molar-refractivity contribution in [3.63, 3.8) is 0 Å². The van der Waals surface area contributed by atoms with Crippen molar-refractivity contribution < 1.29 is 12.9 Å². The largest absolute Gasteiger partial charge is 0.206 e. The molecule has 0 nitrogen and oxygen atoms in total. The zero-order valence-electron chi connectivity index (χ0n) is 19.2. The second kappa shape index (κ2) is 8.70. The Bertz CT molecular complexity index is 965. The molecule has 3 unspecified atom stereocenters. The first-order valence-corrected chi connectivity index (χ1v) is 9.63. The molecule has 0 radical (unpaired) electrons. The summed E-state index contributed by atoms with van der Waals surface area (Å²) in [6, 6.07) is 8.03. The van der Waals surface area contributed by atoms with Crippen molar-refractivity contribution in [3.8, 4) is 11.8 Å². The summed E-state index contributed by atoms with van der Waals surface area (Å²) in [5, 5.41) is 0. The van der Waals surface area contributed by atoms with E-state index in [0.29, 0.717) is 18.4 Å². The maximum Gasteiger partial charge on any atom is 0.142 e. The lowest BCUT2D eigenvalue weighted by Crippen LogP contribution is -2.13. The molecule has 1 saturated carbocycles. The maximum atomic E-state index is 14.8. The number of hydrogen-bond acceptors (Lipinski definition) is 0. The molecule has 0 aliphatic heterocycles. The molecule has 27 heavy (non-hydrogen) atoms. The molecule has 3 atom stereocenters. The predicted molar refractivity (Wildman–Crippen MR) is 108 cm³/mol. The van der Waals surface area contributed by atoms with E-state index >= 15 is 0 Å². The van der Waals surface area contributed by atoms with Crippen LogP contribution in [-0.2, 0) is 0 Å². The Morgan fingerprint density at radius 3 is 2.44 bits per heavy atom. The van der Waals surface area contributed by atoms with Gasteiger partial charge in [0.05, 0.1) is 5.56 Å². The zero-order valence-corrected chi connectivity index (χ0v) is 16.2. The van der Waals surface area contributed by atoms with E-state index in [1.165, 1.54) is 12.1 Å². The second-order valence-corrected chi connectivity index (χ2v) is 7.44. The highest BCUT2D eigenvalue weighted by Gasteiger charge is 2.23. The highest BCUT2D eigenvalue weighted by Crippen LogP contribution is 2.38. The predicted octanol–water partition coefficient (Wildman–Crippen LogP) is 7.06. The van der Waals surface area contributed by atoms with Crippen LogP contribution in [0.5, 0.6) is 0 Å². The van der Waals surface area contributed by atoms with Gasteiger partial charge in [-0.2, -0.15) is 0 Å². The topological polar surface area (TPSA) is 0 Å². The standard InChI is InChI=1S/C25H28F2/c1-4-5-19-7-10-21(11-8-19)22-15-24(26)23(25(27)16-22)13-12-20-9-6-17(2)14-18(20)3/h6,9,14-16,19,21H,4-5,7-8,10-11H2,1-3H3/i10D,11D2. The quantitative estimate of drug-likeness (QED) is 0.508. The molecule has 3 rings (SSSR count). The molecule has 0 heterocycles. The summed E-state index contributed by atoms with van der Waals surface area (Å²) >= 11 is 0. The zero-order chi connectivity index (χ0) is 22.1. The van der Waals surface area contributed by atoms with Crippen LogP contribution in [-0.4, -0.2) is 0 Å². The van der Waals surface area contributed by atoms with Gasteiger partial charge in [0.2, 0.25) is 0 Å². The number of rotatable bonds is 3. The first-order chi connectivity index (χ1) is 14.1. The first kappa shape index (κ1) is 15.9. The molecule has 142 valence electrons. The van der Waals surface area contributed by atoms with Crippen LogP contribution in [0.25, 0.3) is 0 Å². The number of halogens is 2. The lowest BCUT2D eigenvalue weighted by molar-refractivity contribution is 0.307. The number of aryl methyl sites for hydroxylation is 2. The lowest BCUT2D eigenvalue weighted by Gasteiger charge is -2.28. The van der Waals surface area contributed by atoms with Gasteiger partial charge in [0.1, 0.15) is 11.6 Å². The average Bonchev–Trinajstić information content (AvgIpc) is 2.61. The Labute approximate surface area is 166 Å². The van der Waals surface area contributed by atoms with E-state index in [1.807, 2.05) is 39.0 Å². The van der Waals surface area contributed by atoms with Crippen LogP contribution >= 0.6 is 0 Å². The van der Waals surface area contributed by atoms with Crippen molar-refractivity contribution in [2.24, 2.45) is 5.92 Å². The van der Waals surface area contributed by atoms with Crippen molar-refractivity contribution in [3.05, 3.63) is 69.8 Å². The van der Waals surface area contributed by atoms with Crippen molar-refractivity contribution in [1.29, 1.82) is 0 Å². The minimum Gasteiger partial charge on any atom is -0.206 e. The van der Waals surface area contributed by atoms with Gasteiger partial charge in [-0.25, -0.2) is 8.78 Å². The van der Waals surface area contributed by atoms with E-state index < -0.39 is 30.3 Å². The minimum absolute atomic E-state index is 0.140. The summed E-state index contributed by atoms with van der Waals surface area (Å²) in [5.74, 6) is 3.12. The first-order valence-electron chi connectivity index (χ1n) is 11.2. The van der Waals surface area contributed by atoms with Gasteiger partial charge in [-0.05, 0) is 80.6 Å². The van der Waals surface area contributed by atoms with Crippen LogP contribution in [0.15, 0.2) is 30.3 Å². The SMILES string of the molecule is [2H]C1CC(CCC)CC([2H])([2H])C1c1cc(F)c(C#Cc2ccc(C)cc2C)c(F)c1. The van der Waals surface area contributed by atoms with Crippen LogP contribution < -0.4 is 0 Å². The van der Waals surface area contributed by atoms with Gasteiger partial charge in [-0.1, -0.05) is 49.3 Å². The summed E-state index contributed by atoms with van der Waals surface area (Å²) in [7, 11) is 0. The van der Waals surface area contributed by atoms with E-state index in [4.69, 9.17) is 4.11 Å². The highest BCUT2D eigenvalue weighted by molar-refractivity contribution is 5.48. The second-order valence-electron chi connectivity index (χ2n) is 7.44.